The minimum absolute atomic E-state index is 0.0813. The van der Waals surface area contributed by atoms with Crippen molar-refractivity contribution in [2.75, 3.05) is 0 Å². The summed E-state index contributed by atoms with van der Waals surface area (Å²) in [7, 11) is 0. The number of para-hydroxylation sites is 1. The van der Waals surface area contributed by atoms with Crippen LogP contribution in [-0.2, 0) is 6.54 Å². The molecule has 3 rings (SSSR count). The maximum absolute atomic E-state index is 12.4. The van der Waals surface area contributed by atoms with Gasteiger partial charge in [-0.1, -0.05) is 42.0 Å². The molecule has 5 nitrogen and oxygen atoms in total. The van der Waals surface area contributed by atoms with Crippen LogP contribution in [0.15, 0.2) is 58.1 Å². The van der Waals surface area contributed by atoms with Gasteiger partial charge in [-0.25, -0.2) is 4.79 Å². The summed E-state index contributed by atoms with van der Waals surface area (Å²) in [5.41, 5.74) is 1.33. The molecule has 0 aliphatic rings. The molecule has 1 aromatic heterocycles. The number of aryl methyl sites for hydroxylation is 1. The van der Waals surface area contributed by atoms with Gasteiger partial charge < -0.3 is 10.1 Å². The zero-order valence-corrected chi connectivity index (χ0v) is 12.1. The fraction of sp³-hybridized carbons (Fsp3) is 0.176. The van der Waals surface area contributed by atoms with Crippen molar-refractivity contribution in [3.63, 3.8) is 0 Å². The fourth-order valence-corrected chi connectivity index (χ4v) is 2.43. The highest BCUT2D eigenvalue weighted by atomic mass is 16.3. The first-order valence-electron chi connectivity index (χ1n) is 7.03. The quantitative estimate of drug-likeness (QED) is 0.773. The standard InChI is InChI=1S/C17H16N2O3/c1-11-6-8-12(9-7-11)15(20)10-19-16(21)13-4-2-3-5-14(13)18-17(19)22/h2-9,15,20H,10H2,1H3,(H,18,22). The second-order valence-corrected chi connectivity index (χ2v) is 5.32. The molecular weight excluding hydrogens is 280 g/mol. The van der Waals surface area contributed by atoms with Gasteiger partial charge in [0.15, 0.2) is 0 Å². The molecule has 0 radical (unpaired) electrons. The van der Waals surface area contributed by atoms with Crippen LogP contribution in [0.2, 0.25) is 0 Å². The molecule has 2 N–H and O–H groups in total. The summed E-state index contributed by atoms with van der Waals surface area (Å²) in [6.07, 6.45) is -0.916. The van der Waals surface area contributed by atoms with E-state index in [1.807, 2.05) is 19.1 Å². The van der Waals surface area contributed by atoms with Crippen molar-refractivity contribution in [2.45, 2.75) is 19.6 Å². The van der Waals surface area contributed by atoms with E-state index in [1.165, 1.54) is 0 Å². The average molecular weight is 296 g/mol. The van der Waals surface area contributed by atoms with Crippen LogP contribution < -0.4 is 11.2 Å². The molecule has 0 saturated carbocycles. The number of benzene rings is 2. The second-order valence-electron chi connectivity index (χ2n) is 5.32. The lowest BCUT2D eigenvalue weighted by Gasteiger charge is -2.13. The normalized spacial score (nSPS) is 12.5. The van der Waals surface area contributed by atoms with Gasteiger partial charge >= 0.3 is 5.69 Å². The number of nitrogens with zero attached hydrogens (tertiary/aromatic N) is 1. The molecule has 5 heteroatoms. The number of aliphatic hydroxyl groups excluding tert-OH is 1. The van der Waals surface area contributed by atoms with E-state index in [4.69, 9.17) is 0 Å². The number of rotatable bonds is 3. The highest BCUT2D eigenvalue weighted by Crippen LogP contribution is 2.14. The summed E-state index contributed by atoms with van der Waals surface area (Å²) in [6.45, 7) is 1.87. The van der Waals surface area contributed by atoms with Crippen LogP contribution in [0.4, 0.5) is 0 Å². The molecule has 22 heavy (non-hydrogen) atoms. The van der Waals surface area contributed by atoms with Crippen LogP contribution >= 0.6 is 0 Å². The van der Waals surface area contributed by atoms with Crippen molar-refractivity contribution < 1.29 is 5.11 Å². The van der Waals surface area contributed by atoms with Crippen molar-refractivity contribution in [2.24, 2.45) is 0 Å². The lowest BCUT2D eigenvalue weighted by Crippen LogP contribution is -2.36. The van der Waals surface area contributed by atoms with E-state index in [9.17, 15) is 14.7 Å². The maximum Gasteiger partial charge on any atom is 0.328 e. The maximum atomic E-state index is 12.4. The molecule has 0 aliphatic carbocycles. The number of nitrogens with one attached hydrogen (secondary N) is 1. The van der Waals surface area contributed by atoms with Crippen molar-refractivity contribution >= 4 is 10.9 Å². The predicted molar refractivity (Wildman–Crippen MR) is 85.0 cm³/mol. The number of aromatic amines is 1. The van der Waals surface area contributed by atoms with Gasteiger partial charge in [0.1, 0.15) is 0 Å². The SMILES string of the molecule is Cc1ccc(C(O)Cn2c(=O)[nH]c3ccccc3c2=O)cc1. The Kier molecular flexibility index (Phi) is 3.65. The first kappa shape index (κ1) is 14.3. The molecular formula is C17H16N2O3. The minimum atomic E-state index is -0.916. The third-order valence-corrected chi connectivity index (χ3v) is 3.71. The summed E-state index contributed by atoms with van der Waals surface area (Å²) < 4.78 is 1.03. The molecule has 3 aromatic rings. The Morgan fingerprint density at radius 1 is 1.09 bits per heavy atom. The van der Waals surface area contributed by atoms with Crippen LogP contribution in [0.1, 0.15) is 17.2 Å². The molecule has 112 valence electrons. The van der Waals surface area contributed by atoms with Crippen LogP contribution in [-0.4, -0.2) is 14.7 Å². The van der Waals surface area contributed by atoms with Crippen LogP contribution in [0.25, 0.3) is 10.9 Å². The highest BCUT2D eigenvalue weighted by molar-refractivity contribution is 5.76. The van der Waals surface area contributed by atoms with E-state index >= 15 is 0 Å². The summed E-state index contributed by atoms with van der Waals surface area (Å²) in [5, 5.41) is 10.7. The first-order chi connectivity index (χ1) is 10.6. The summed E-state index contributed by atoms with van der Waals surface area (Å²) in [6, 6.07) is 14.2. The third kappa shape index (κ3) is 2.58. The van der Waals surface area contributed by atoms with E-state index in [2.05, 4.69) is 4.98 Å². The van der Waals surface area contributed by atoms with Gasteiger partial charge in [0.25, 0.3) is 5.56 Å². The summed E-state index contributed by atoms with van der Waals surface area (Å²) >= 11 is 0. The number of aromatic nitrogens is 2. The van der Waals surface area contributed by atoms with E-state index in [-0.39, 0.29) is 6.54 Å². The van der Waals surface area contributed by atoms with E-state index in [0.717, 1.165) is 10.1 Å². The Labute approximate surface area is 126 Å². The smallest absolute Gasteiger partial charge is 0.328 e. The molecule has 2 aromatic carbocycles. The molecule has 0 fully saturated rings. The average Bonchev–Trinajstić information content (AvgIpc) is 2.52. The Balaban J connectivity index is 2.02. The van der Waals surface area contributed by atoms with Crippen LogP contribution in [0.5, 0.6) is 0 Å². The molecule has 0 aliphatic heterocycles. The van der Waals surface area contributed by atoms with E-state index < -0.39 is 17.4 Å². The van der Waals surface area contributed by atoms with Crippen LogP contribution in [0.3, 0.4) is 0 Å². The van der Waals surface area contributed by atoms with Gasteiger partial charge in [-0.05, 0) is 24.6 Å². The zero-order chi connectivity index (χ0) is 15.7. The topological polar surface area (TPSA) is 75.1 Å². The number of hydrogen-bond donors (Lipinski definition) is 2. The number of aliphatic hydroxyl groups is 1. The monoisotopic (exact) mass is 296 g/mol. The van der Waals surface area contributed by atoms with Gasteiger partial charge in [0.2, 0.25) is 0 Å². The first-order valence-corrected chi connectivity index (χ1v) is 7.03. The summed E-state index contributed by atoms with van der Waals surface area (Å²) in [5.74, 6) is 0. The molecule has 1 atom stereocenters. The molecule has 1 heterocycles. The summed E-state index contributed by atoms with van der Waals surface area (Å²) in [4.78, 5) is 27.1. The number of H-pyrrole nitrogens is 1. The van der Waals surface area contributed by atoms with E-state index in [0.29, 0.717) is 16.5 Å². The molecule has 0 saturated heterocycles. The van der Waals surface area contributed by atoms with Gasteiger partial charge in [0.05, 0.1) is 23.6 Å². The van der Waals surface area contributed by atoms with Gasteiger partial charge in [-0.2, -0.15) is 0 Å². The lowest BCUT2D eigenvalue weighted by molar-refractivity contribution is 0.153. The predicted octanol–water partition coefficient (Wildman–Crippen LogP) is 1.73. The Bertz CT molecular complexity index is 923. The third-order valence-electron chi connectivity index (χ3n) is 3.71. The molecule has 0 spiro atoms. The molecule has 1 unspecified atom stereocenters. The zero-order valence-electron chi connectivity index (χ0n) is 12.1. The lowest BCUT2D eigenvalue weighted by atomic mass is 10.1. The van der Waals surface area contributed by atoms with Gasteiger partial charge in [-0.15, -0.1) is 0 Å². The molecule has 0 amide bonds. The largest absolute Gasteiger partial charge is 0.387 e. The Morgan fingerprint density at radius 3 is 2.50 bits per heavy atom. The van der Waals surface area contributed by atoms with Crippen LogP contribution in [0, 0.1) is 6.92 Å². The highest BCUT2D eigenvalue weighted by Gasteiger charge is 2.13. The van der Waals surface area contributed by atoms with Crippen molar-refractivity contribution in [1.82, 2.24) is 9.55 Å². The number of hydrogen-bond acceptors (Lipinski definition) is 3. The van der Waals surface area contributed by atoms with Crippen molar-refractivity contribution in [1.29, 1.82) is 0 Å². The van der Waals surface area contributed by atoms with Gasteiger partial charge in [-0.3, -0.25) is 9.36 Å². The van der Waals surface area contributed by atoms with Crippen molar-refractivity contribution in [3.8, 4) is 0 Å². The Hall–Kier alpha value is -2.66. The van der Waals surface area contributed by atoms with E-state index in [1.54, 1.807) is 36.4 Å². The molecule has 0 bridgehead atoms. The minimum Gasteiger partial charge on any atom is -0.387 e. The van der Waals surface area contributed by atoms with Gasteiger partial charge in [0, 0.05) is 0 Å². The second kappa shape index (κ2) is 5.61. The fourth-order valence-electron chi connectivity index (χ4n) is 2.43. The Morgan fingerprint density at radius 2 is 1.77 bits per heavy atom. The van der Waals surface area contributed by atoms with Crippen molar-refractivity contribution in [3.05, 3.63) is 80.5 Å². The number of fused-ring (bicyclic) bond motifs is 1.